The molecule has 4 rings (SSSR count). The Morgan fingerprint density at radius 3 is 2.67 bits per heavy atom. The molecule has 0 aromatic heterocycles. The zero-order chi connectivity index (χ0) is 16.4. The SMILES string of the molecule is O=C(Nc1ccccc1N1CCOCC1)C1Cc2ccccc2S1. The molecule has 0 radical (unpaired) electrons. The van der Waals surface area contributed by atoms with E-state index in [9.17, 15) is 4.79 Å². The van der Waals surface area contributed by atoms with Crippen molar-refractivity contribution in [3.8, 4) is 0 Å². The fourth-order valence-corrected chi connectivity index (χ4v) is 4.40. The number of carbonyl (C=O) groups excluding carboxylic acids is 1. The smallest absolute Gasteiger partial charge is 0.238 e. The first-order valence-electron chi connectivity index (χ1n) is 8.28. The maximum atomic E-state index is 12.7. The number of benzene rings is 2. The minimum atomic E-state index is -0.0554. The van der Waals surface area contributed by atoms with Gasteiger partial charge in [0.05, 0.1) is 29.8 Å². The van der Waals surface area contributed by atoms with E-state index in [4.69, 9.17) is 4.74 Å². The third-order valence-electron chi connectivity index (χ3n) is 4.45. The maximum absolute atomic E-state index is 12.7. The summed E-state index contributed by atoms with van der Waals surface area (Å²) in [6, 6.07) is 16.3. The van der Waals surface area contributed by atoms with Crippen LogP contribution in [0, 0.1) is 0 Å². The van der Waals surface area contributed by atoms with Gasteiger partial charge >= 0.3 is 0 Å². The molecule has 0 saturated carbocycles. The van der Waals surface area contributed by atoms with Crippen LogP contribution in [-0.4, -0.2) is 37.5 Å². The Hall–Kier alpha value is -1.98. The van der Waals surface area contributed by atoms with E-state index in [0.29, 0.717) is 0 Å². The number of nitrogens with zero attached hydrogens (tertiary/aromatic N) is 1. The summed E-state index contributed by atoms with van der Waals surface area (Å²) in [5.41, 5.74) is 3.24. The Balaban J connectivity index is 1.49. The van der Waals surface area contributed by atoms with Crippen molar-refractivity contribution >= 4 is 29.0 Å². The molecule has 2 aromatic rings. The van der Waals surface area contributed by atoms with E-state index >= 15 is 0 Å². The van der Waals surface area contributed by atoms with Crippen molar-refractivity contribution in [1.82, 2.24) is 0 Å². The number of hydrogen-bond acceptors (Lipinski definition) is 4. The van der Waals surface area contributed by atoms with Crippen LogP contribution in [-0.2, 0) is 16.0 Å². The molecule has 24 heavy (non-hydrogen) atoms. The van der Waals surface area contributed by atoms with Gasteiger partial charge in [-0.2, -0.15) is 0 Å². The fraction of sp³-hybridized carbons (Fsp3) is 0.316. The van der Waals surface area contributed by atoms with Crippen molar-refractivity contribution in [3.05, 3.63) is 54.1 Å². The summed E-state index contributed by atoms with van der Waals surface area (Å²) in [6.07, 6.45) is 0.798. The van der Waals surface area contributed by atoms with Gasteiger partial charge in [0.2, 0.25) is 5.91 Å². The molecule has 2 heterocycles. The average molecular weight is 340 g/mol. The van der Waals surface area contributed by atoms with E-state index in [-0.39, 0.29) is 11.2 Å². The maximum Gasteiger partial charge on any atom is 0.238 e. The number of nitrogens with one attached hydrogen (secondary N) is 1. The molecule has 0 aliphatic carbocycles. The summed E-state index contributed by atoms with van der Waals surface area (Å²) in [7, 11) is 0. The van der Waals surface area contributed by atoms with Gasteiger partial charge in [0.15, 0.2) is 0 Å². The second-order valence-electron chi connectivity index (χ2n) is 6.02. The number of amides is 1. The number of fused-ring (bicyclic) bond motifs is 1. The summed E-state index contributed by atoms with van der Waals surface area (Å²) in [6.45, 7) is 3.18. The number of para-hydroxylation sites is 2. The van der Waals surface area contributed by atoms with Gasteiger partial charge in [0, 0.05) is 18.0 Å². The first-order chi connectivity index (χ1) is 11.8. The lowest BCUT2D eigenvalue weighted by Gasteiger charge is -2.30. The topological polar surface area (TPSA) is 41.6 Å². The average Bonchev–Trinajstić information content (AvgIpc) is 3.07. The van der Waals surface area contributed by atoms with Gasteiger partial charge in [0.1, 0.15) is 0 Å². The number of carbonyl (C=O) groups is 1. The summed E-state index contributed by atoms with van der Waals surface area (Å²) < 4.78 is 5.43. The molecular weight excluding hydrogens is 320 g/mol. The highest BCUT2D eigenvalue weighted by Crippen LogP contribution is 2.37. The molecule has 1 atom stereocenters. The van der Waals surface area contributed by atoms with Crippen molar-refractivity contribution in [2.75, 3.05) is 36.5 Å². The first-order valence-corrected chi connectivity index (χ1v) is 9.16. The van der Waals surface area contributed by atoms with Crippen LogP contribution in [0.5, 0.6) is 0 Å². The summed E-state index contributed by atoms with van der Waals surface area (Å²) in [4.78, 5) is 16.2. The second kappa shape index (κ2) is 6.87. The van der Waals surface area contributed by atoms with Gasteiger partial charge in [-0.1, -0.05) is 30.3 Å². The number of morpholine rings is 1. The molecule has 2 aromatic carbocycles. The van der Waals surface area contributed by atoms with Crippen LogP contribution >= 0.6 is 11.8 Å². The van der Waals surface area contributed by atoms with E-state index in [1.807, 2.05) is 30.3 Å². The van der Waals surface area contributed by atoms with Crippen molar-refractivity contribution in [3.63, 3.8) is 0 Å². The molecule has 5 heteroatoms. The Labute approximate surface area is 146 Å². The van der Waals surface area contributed by atoms with Crippen molar-refractivity contribution in [2.45, 2.75) is 16.6 Å². The van der Waals surface area contributed by atoms with E-state index in [1.54, 1.807) is 11.8 Å². The Morgan fingerprint density at radius 2 is 1.83 bits per heavy atom. The van der Waals surface area contributed by atoms with Crippen LogP contribution in [0.3, 0.4) is 0 Å². The van der Waals surface area contributed by atoms with Gasteiger partial charge in [-0.25, -0.2) is 0 Å². The molecule has 1 fully saturated rings. The summed E-state index contributed by atoms with van der Waals surface area (Å²) >= 11 is 1.66. The monoisotopic (exact) mass is 340 g/mol. The van der Waals surface area contributed by atoms with Gasteiger partial charge in [-0.05, 0) is 30.2 Å². The molecule has 1 amide bonds. The first kappa shape index (κ1) is 15.5. The van der Waals surface area contributed by atoms with Crippen LogP contribution in [0.4, 0.5) is 11.4 Å². The lowest BCUT2D eigenvalue weighted by molar-refractivity contribution is -0.115. The number of hydrogen-bond donors (Lipinski definition) is 1. The van der Waals surface area contributed by atoms with E-state index in [0.717, 1.165) is 44.1 Å². The predicted molar refractivity (Wildman–Crippen MR) is 97.9 cm³/mol. The highest BCUT2D eigenvalue weighted by atomic mass is 32.2. The second-order valence-corrected chi connectivity index (χ2v) is 7.27. The van der Waals surface area contributed by atoms with Crippen molar-refractivity contribution in [2.24, 2.45) is 0 Å². The normalized spacial score (nSPS) is 19.8. The summed E-state index contributed by atoms with van der Waals surface area (Å²) in [5.74, 6) is 0.0805. The van der Waals surface area contributed by atoms with Crippen LogP contribution in [0.2, 0.25) is 0 Å². The molecule has 124 valence electrons. The minimum Gasteiger partial charge on any atom is -0.378 e. The van der Waals surface area contributed by atoms with Gasteiger partial charge < -0.3 is 15.0 Å². The highest BCUT2D eigenvalue weighted by molar-refractivity contribution is 8.01. The van der Waals surface area contributed by atoms with E-state index in [2.05, 4.69) is 28.4 Å². The molecule has 2 aliphatic heterocycles. The molecular formula is C19H20N2O2S. The molecule has 1 N–H and O–H groups in total. The predicted octanol–water partition coefficient (Wildman–Crippen LogP) is 3.18. The van der Waals surface area contributed by atoms with E-state index < -0.39 is 0 Å². The molecule has 0 bridgehead atoms. The lowest BCUT2D eigenvalue weighted by Crippen LogP contribution is -2.37. The van der Waals surface area contributed by atoms with Crippen LogP contribution in [0.25, 0.3) is 0 Å². The Bertz CT molecular complexity index is 719. The van der Waals surface area contributed by atoms with Gasteiger partial charge in [-0.3, -0.25) is 4.79 Å². The number of thioether (sulfide) groups is 1. The highest BCUT2D eigenvalue weighted by Gasteiger charge is 2.28. The van der Waals surface area contributed by atoms with Crippen molar-refractivity contribution in [1.29, 1.82) is 0 Å². The Kier molecular flexibility index (Phi) is 4.45. The zero-order valence-corrected chi connectivity index (χ0v) is 14.2. The fourth-order valence-electron chi connectivity index (χ4n) is 3.20. The molecule has 0 spiro atoms. The molecule has 1 unspecified atom stereocenters. The van der Waals surface area contributed by atoms with Crippen LogP contribution in [0.15, 0.2) is 53.4 Å². The molecule has 4 nitrogen and oxygen atoms in total. The third-order valence-corrected chi connectivity index (χ3v) is 5.77. The Morgan fingerprint density at radius 1 is 1.08 bits per heavy atom. The lowest BCUT2D eigenvalue weighted by atomic mass is 10.1. The standard InChI is InChI=1S/C19H20N2O2S/c22-19(18-13-14-5-1-4-8-17(14)24-18)20-15-6-2-3-7-16(15)21-9-11-23-12-10-21/h1-8,18H,9-13H2,(H,20,22). The van der Waals surface area contributed by atoms with Crippen molar-refractivity contribution < 1.29 is 9.53 Å². The number of anilines is 2. The quantitative estimate of drug-likeness (QED) is 0.932. The van der Waals surface area contributed by atoms with Gasteiger partial charge in [-0.15, -0.1) is 11.8 Å². The number of ether oxygens (including phenoxy) is 1. The zero-order valence-electron chi connectivity index (χ0n) is 13.4. The minimum absolute atomic E-state index is 0.0554. The van der Waals surface area contributed by atoms with Gasteiger partial charge in [0.25, 0.3) is 0 Å². The number of rotatable bonds is 3. The largest absolute Gasteiger partial charge is 0.378 e. The summed E-state index contributed by atoms with van der Waals surface area (Å²) in [5, 5.41) is 3.09. The van der Waals surface area contributed by atoms with Crippen LogP contribution < -0.4 is 10.2 Å². The third kappa shape index (κ3) is 3.14. The molecule has 2 aliphatic rings. The molecule has 1 saturated heterocycles. The van der Waals surface area contributed by atoms with E-state index in [1.165, 1.54) is 10.5 Å². The van der Waals surface area contributed by atoms with Crippen LogP contribution in [0.1, 0.15) is 5.56 Å².